The zero-order chi connectivity index (χ0) is 24.9. The fourth-order valence-corrected chi connectivity index (χ4v) is 3.61. The summed E-state index contributed by atoms with van der Waals surface area (Å²) in [6.07, 6.45) is 1.32. The summed E-state index contributed by atoms with van der Waals surface area (Å²) in [5, 5.41) is 5.23. The summed E-state index contributed by atoms with van der Waals surface area (Å²) in [4.78, 5) is 51.4. The Morgan fingerprint density at radius 3 is 2.51 bits per heavy atom. The minimum absolute atomic E-state index is 0.264. The first kappa shape index (κ1) is 23.7. The van der Waals surface area contributed by atoms with Crippen LogP contribution in [0, 0.1) is 6.92 Å². The maximum Gasteiger partial charge on any atom is 0.335 e. The SMILES string of the molecule is Cc1ccc(Cl)cc1N1C(=O)NC(=O)/C(=C/c2ccccc2OCC(=O)Nc2ccccc2)C1=O. The van der Waals surface area contributed by atoms with Gasteiger partial charge in [0.05, 0.1) is 5.69 Å². The Kier molecular flexibility index (Phi) is 6.93. The van der Waals surface area contributed by atoms with Crippen molar-refractivity contribution in [1.82, 2.24) is 5.32 Å². The highest BCUT2D eigenvalue weighted by Crippen LogP contribution is 2.29. The molecule has 4 rings (SSSR count). The van der Waals surface area contributed by atoms with Crippen LogP contribution in [0.15, 0.2) is 78.4 Å². The number of urea groups is 1. The van der Waals surface area contributed by atoms with Gasteiger partial charge in [-0.3, -0.25) is 19.7 Å². The largest absolute Gasteiger partial charge is 0.483 e. The molecule has 176 valence electrons. The highest BCUT2D eigenvalue weighted by molar-refractivity contribution is 6.39. The lowest BCUT2D eigenvalue weighted by Gasteiger charge is -2.27. The Balaban J connectivity index is 1.58. The first-order chi connectivity index (χ1) is 16.8. The second-order valence-electron chi connectivity index (χ2n) is 7.63. The molecule has 1 saturated heterocycles. The van der Waals surface area contributed by atoms with Gasteiger partial charge in [0.2, 0.25) is 0 Å². The molecular weight excluding hydrogens is 470 g/mol. The number of rotatable bonds is 6. The minimum atomic E-state index is -0.871. The zero-order valence-electron chi connectivity index (χ0n) is 18.6. The van der Waals surface area contributed by atoms with Gasteiger partial charge in [-0.05, 0) is 48.9 Å². The fourth-order valence-electron chi connectivity index (χ4n) is 3.45. The number of para-hydroxylation sites is 2. The van der Waals surface area contributed by atoms with Crippen LogP contribution in [0.5, 0.6) is 5.75 Å². The van der Waals surface area contributed by atoms with Crippen LogP contribution in [0.1, 0.15) is 11.1 Å². The van der Waals surface area contributed by atoms with Gasteiger partial charge in [-0.15, -0.1) is 0 Å². The van der Waals surface area contributed by atoms with Gasteiger partial charge in [0.1, 0.15) is 11.3 Å². The van der Waals surface area contributed by atoms with Gasteiger partial charge in [-0.2, -0.15) is 0 Å². The molecule has 1 fully saturated rings. The van der Waals surface area contributed by atoms with Crippen LogP contribution in [0.2, 0.25) is 5.02 Å². The van der Waals surface area contributed by atoms with Crippen molar-refractivity contribution in [2.75, 3.05) is 16.8 Å². The van der Waals surface area contributed by atoms with Gasteiger partial charge in [0.15, 0.2) is 6.61 Å². The van der Waals surface area contributed by atoms with Crippen LogP contribution in [0.25, 0.3) is 6.08 Å². The Morgan fingerprint density at radius 1 is 1.03 bits per heavy atom. The van der Waals surface area contributed by atoms with Crippen LogP contribution < -0.4 is 20.3 Å². The molecule has 0 saturated carbocycles. The van der Waals surface area contributed by atoms with Gasteiger partial charge in [0, 0.05) is 16.3 Å². The lowest BCUT2D eigenvalue weighted by molar-refractivity contribution is -0.122. The van der Waals surface area contributed by atoms with Crippen molar-refractivity contribution in [2.45, 2.75) is 6.92 Å². The molecule has 9 heteroatoms. The van der Waals surface area contributed by atoms with Crippen LogP contribution >= 0.6 is 11.6 Å². The smallest absolute Gasteiger partial charge is 0.335 e. The highest BCUT2D eigenvalue weighted by atomic mass is 35.5. The Bertz CT molecular complexity index is 1350. The lowest BCUT2D eigenvalue weighted by atomic mass is 10.1. The Hall–Kier alpha value is -4.43. The summed E-state index contributed by atoms with van der Waals surface area (Å²) in [7, 11) is 0. The number of amides is 5. The molecule has 0 spiro atoms. The average Bonchev–Trinajstić information content (AvgIpc) is 2.83. The molecular formula is C26H20ClN3O5. The molecule has 35 heavy (non-hydrogen) atoms. The molecule has 0 radical (unpaired) electrons. The number of halogens is 1. The number of carbonyl (C=O) groups excluding carboxylic acids is 4. The van der Waals surface area contributed by atoms with E-state index in [1.165, 1.54) is 12.1 Å². The molecule has 0 atom stereocenters. The normalized spacial score (nSPS) is 14.6. The zero-order valence-corrected chi connectivity index (χ0v) is 19.3. The van der Waals surface area contributed by atoms with E-state index < -0.39 is 17.8 Å². The first-order valence-electron chi connectivity index (χ1n) is 10.6. The third kappa shape index (κ3) is 5.39. The number of imide groups is 2. The molecule has 1 heterocycles. The van der Waals surface area contributed by atoms with Gasteiger partial charge < -0.3 is 10.1 Å². The molecule has 5 amide bonds. The monoisotopic (exact) mass is 489 g/mol. The predicted molar refractivity (Wildman–Crippen MR) is 132 cm³/mol. The van der Waals surface area contributed by atoms with E-state index >= 15 is 0 Å². The molecule has 8 nitrogen and oxygen atoms in total. The molecule has 0 aromatic heterocycles. The van der Waals surface area contributed by atoms with Crippen molar-refractivity contribution in [3.8, 4) is 5.75 Å². The molecule has 1 aliphatic rings. The summed E-state index contributed by atoms with van der Waals surface area (Å²) in [6, 6.07) is 19.5. The van der Waals surface area contributed by atoms with E-state index in [0.29, 0.717) is 21.8 Å². The van der Waals surface area contributed by atoms with Gasteiger partial charge in [-0.25, -0.2) is 9.69 Å². The van der Waals surface area contributed by atoms with Gasteiger partial charge in [-0.1, -0.05) is 54.1 Å². The number of barbiturate groups is 1. The number of carbonyl (C=O) groups is 4. The molecule has 0 bridgehead atoms. The molecule has 0 aliphatic carbocycles. The van der Waals surface area contributed by atoms with E-state index in [1.54, 1.807) is 67.6 Å². The molecule has 3 aromatic carbocycles. The molecule has 3 aromatic rings. The summed E-state index contributed by atoms with van der Waals surface area (Å²) in [5.41, 5.74) is 1.63. The summed E-state index contributed by atoms with van der Waals surface area (Å²) >= 11 is 6.06. The van der Waals surface area contributed by atoms with Crippen molar-refractivity contribution in [3.63, 3.8) is 0 Å². The van der Waals surface area contributed by atoms with Crippen LogP contribution in [0.4, 0.5) is 16.2 Å². The maximum atomic E-state index is 13.2. The Morgan fingerprint density at radius 2 is 1.74 bits per heavy atom. The number of benzene rings is 3. The molecule has 2 N–H and O–H groups in total. The third-order valence-electron chi connectivity index (χ3n) is 5.15. The number of hydrogen-bond acceptors (Lipinski definition) is 5. The van der Waals surface area contributed by atoms with E-state index in [0.717, 1.165) is 4.90 Å². The second-order valence-corrected chi connectivity index (χ2v) is 8.07. The standard InChI is InChI=1S/C26H20ClN3O5/c1-16-11-12-18(27)14-21(16)30-25(33)20(24(32)29-26(30)34)13-17-7-5-6-10-22(17)35-15-23(31)28-19-8-3-2-4-9-19/h2-14H,15H2,1H3,(H,28,31)(H,29,32,34)/b20-13-. The fraction of sp³-hybridized carbons (Fsp3) is 0.0769. The van der Waals surface area contributed by atoms with E-state index in [1.807, 2.05) is 6.07 Å². The summed E-state index contributed by atoms with van der Waals surface area (Å²) in [6.45, 7) is 1.43. The summed E-state index contributed by atoms with van der Waals surface area (Å²) < 4.78 is 5.65. The van der Waals surface area contributed by atoms with Gasteiger partial charge >= 0.3 is 6.03 Å². The maximum absolute atomic E-state index is 13.2. The topological polar surface area (TPSA) is 105 Å². The number of aryl methyl sites for hydroxylation is 1. The van der Waals surface area contributed by atoms with Crippen molar-refractivity contribution >= 4 is 52.8 Å². The van der Waals surface area contributed by atoms with Crippen LogP contribution in [-0.4, -0.2) is 30.4 Å². The van der Waals surface area contributed by atoms with Crippen LogP contribution in [0.3, 0.4) is 0 Å². The number of nitrogens with zero attached hydrogens (tertiary/aromatic N) is 1. The quantitative estimate of drug-likeness (QED) is 0.396. The second kappa shape index (κ2) is 10.2. The summed E-state index contributed by atoms with van der Waals surface area (Å²) in [5.74, 6) is -1.74. The Labute approximate surface area is 206 Å². The van der Waals surface area contributed by atoms with Crippen LogP contribution in [-0.2, 0) is 14.4 Å². The van der Waals surface area contributed by atoms with E-state index in [9.17, 15) is 19.2 Å². The van der Waals surface area contributed by atoms with Crippen molar-refractivity contribution in [1.29, 1.82) is 0 Å². The van der Waals surface area contributed by atoms with E-state index in [-0.39, 0.29) is 29.5 Å². The average molecular weight is 490 g/mol. The minimum Gasteiger partial charge on any atom is -0.483 e. The lowest BCUT2D eigenvalue weighted by Crippen LogP contribution is -2.54. The number of anilines is 2. The van der Waals surface area contributed by atoms with E-state index in [2.05, 4.69) is 10.6 Å². The van der Waals surface area contributed by atoms with Crippen molar-refractivity contribution < 1.29 is 23.9 Å². The third-order valence-corrected chi connectivity index (χ3v) is 5.38. The molecule has 0 unspecified atom stereocenters. The van der Waals surface area contributed by atoms with Gasteiger partial charge in [0.25, 0.3) is 17.7 Å². The van der Waals surface area contributed by atoms with Crippen molar-refractivity contribution in [3.05, 3.63) is 94.5 Å². The number of nitrogens with one attached hydrogen (secondary N) is 2. The number of ether oxygens (including phenoxy) is 1. The highest BCUT2D eigenvalue weighted by Gasteiger charge is 2.37. The van der Waals surface area contributed by atoms with Crippen molar-refractivity contribution in [2.24, 2.45) is 0 Å². The predicted octanol–water partition coefficient (Wildman–Crippen LogP) is 4.33. The first-order valence-corrected chi connectivity index (χ1v) is 11.0. The number of hydrogen-bond donors (Lipinski definition) is 2. The molecule has 1 aliphatic heterocycles. The van der Waals surface area contributed by atoms with E-state index in [4.69, 9.17) is 16.3 Å².